The fourth-order valence-electron chi connectivity index (χ4n) is 3.95. The van der Waals surface area contributed by atoms with Crippen molar-refractivity contribution in [1.29, 1.82) is 0 Å². The fourth-order valence-corrected chi connectivity index (χ4v) is 3.95. The van der Waals surface area contributed by atoms with Crippen LogP contribution in [0.2, 0.25) is 0 Å². The molecule has 0 amide bonds. The van der Waals surface area contributed by atoms with E-state index in [4.69, 9.17) is 9.83 Å². The maximum atomic E-state index is 5.98. The molecule has 1 spiro atoms. The van der Waals surface area contributed by atoms with E-state index in [1.807, 2.05) is 18.3 Å². The highest BCUT2D eigenvalue weighted by molar-refractivity contribution is 6.01. The Morgan fingerprint density at radius 3 is 2.95 bits per heavy atom. The number of nitrogens with one attached hydrogen (secondary N) is 1. The number of rotatable bonds is 1. The fraction of sp³-hybridized carbons (Fsp3) is 0.412. The second kappa shape index (κ2) is 4.51. The van der Waals surface area contributed by atoms with Crippen LogP contribution < -0.4 is 5.48 Å². The Labute approximate surface area is 129 Å². The van der Waals surface area contributed by atoms with Crippen LogP contribution in [0.4, 0.5) is 0 Å². The monoisotopic (exact) mass is 294 g/mol. The van der Waals surface area contributed by atoms with E-state index in [2.05, 4.69) is 33.6 Å². The molecule has 0 saturated carbocycles. The molecule has 0 aliphatic carbocycles. The molecule has 1 unspecified atom stereocenters. The Hall–Kier alpha value is -1.98. The Balaban J connectivity index is 1.53. The summed E-state index contributed by atoms with van der Waals surface area (Å²) in [7, 11) is 0. The van der Waals surface area contributed by atoms with E-state index in [1.54, 1.807) is 0 Å². The average Bonchev–Trinajstić information content (AvgIpc) is 2.99. The van der Waals surface area contributed by atoms with Gasteiger partial charge in [0.1, 0.15) is 0 Å². The van der Waals surface area contributed by atoms with Gasteiger partial charge in [-0.3, -0.25) is 9.88 Å². The van der Waals surface area contributed by atoms with Gasteiger partial charge in [0.2, 0.25) is 5.72 Å². The van der Waals surface area contributed by atoms with Gasteiger partial charge in [0, 0.05) is 23.1 Å². The van der Waals surface area contributed by atoms with E-state index in [9.17, 15) is 0 Å². The molecule has 2 bridgehead atoms. The zero-order chi connectivity index (χ0) is 14.6. The van der Waals surface area contributed by atoms with Crippen molar-refractivity contribution in [2.24, 2.45) is 10.9 Å². The smallest absolute Gasteiger partial charge is 0.202 e. The standard InChI is InChI=1S/C17H18N4O/c1-2-12-10-13(3-4-15(12)18-7-1)16-19-17(22-20-16)11-21-8-5-14(17)6-9-21/h1-4,7,10,14H,5-6,8-9,11H2,(H,19,20). The first-order valence-corrected chi connectivity index (χ1v) is 7.94. The highest BCUT2D eigenvalue weighted by Gasteiger charge is 2.51. The van der Waals surface area contributed by atoms with Gasteiger partial charge in [-0.25, -0.2) is 15.3 Å². The van der Waals surface area contributed by atoms with Gasteiger partial charge in [0.05, 0.1) is 12.1 Å². The molecule has 3 saturated heterocycles. The first-order chi connectivity index (χ1) is 10.8. The van der Waals surface area contributed by atoms with E-state index in [-0.39, 0.29) is 5.72 Å². The quantitative estimate of drug-likeness (QED) is 0.873. The van der Waals surface area contributed by atoms with Crippen LogP contribution >= 0.6 is 0 Å². The van der Waals surface area contributed by atoms with Crippen molar-refractivity contribution in [3.63, 3.8) is 0 Å². The largest absolute Gasteiger partial charge is 0.298 e. The number of amidine groups is 1. The number of pyridine rings is 1. The second-order valence-electron chi connectivity index (χ2n) is 6.47. The summed E-state index contributed by atoms with van der Waals surface area (Å²) >= 11 is 0. The van der Waals surface area contributed by atoms with Crippen LogP contribution in [-0.2, 0) is 4.84 Å². The van der Waals surface area contributed by atoms with Gasteiger partial charge < -0.3 is 0 Å². The number of aliphatic imine (C=N–C) groups is 1. The third-order valence-corrected chi connectivity index (χ3v) is 5.18. The molecule has 5 heterocycles. The molecule has 4 aliphatic heterocycles. The zero-order valence-corrected chi connectivity index (χ0v) is 12.3. The molecule has 112 valence electrons. The third kappa shape index (κ3) is 1.79. The van der Waals surface area contributed by atoms with Crippen LogP contribution in [0.25, 0.3) is 10.9 Å². The molecule has 22 heavy (non-hydrogen) atoms. The summed E-state index contributed by atoms with van der Waals surface area (Å²) in [5.41, 5.74) is 4.77. The van der Waals surface area contributed by atoms with Crippen LogP contribution in [0.5, 0.6) is 0 Å². The van der Waals surface area contributed by atoms with Crippen molar-refractivity contribution in [3.8, 4) is 0 Å². The summed E-state index contributed by atoms with van der Waals surface area (Å²) in [6.45, 7) is 3.27. The molecule has 5 heteroatoms. The van der Waals surface area contributed by atoms with Crippen LogP contribution in [0.3, 0.4) is 0 Å². The van der Waals surface area contributed by atoms with Crippen LogP contribution in [0.1, 0.15) is 18.4 Å². The van der Waals surface area contributed by atoms with Crippen molar-refractivity contribution in [2.75, 3.05) is 19.6 Å². The highest BCUT2D eigenvalue weighted by Crippen LogP contribution is 2.40. The number of hydroxylamine groups is 1. The summed E-state index contributed by atoms with van der Waals surface area (Å²) in [5.74, 6) is 1.38. The maximum absolute atomic E-state index is 5.98. The predicted octanol–water partition coefficient (Wildman–Crippen LogP) is 1.94. The number of aromatic nitrogens is 1. The summed E-state index contributed by atoms with van der Waals surface area (Å²) in [6, 6.07) is 10.3. The molecular formula is C17H18N4O. The van der Waals surface area contributed by atoms with Gasteiger partial charge in [0.15, 0.2) is 5.84 Å². The van der Waals surface area contributed by atoms with Crippen LogP contribution in [0.15, 0.2) is 41.5 Å². The van der Waals surface area contributed by atoms with Crippen molar-refractivity contribution >= 4 is 16.7 Å². The molecule has 4 aliphatic rings. The number of fused-ring (bicyclic) bond motifs is 3. The summed E-state index contributed by atoms with van der Waals surface area (Å²) in [5, 5.41) is 1.12. The Kier molecular flexibility index (Phi) is 2.57. The van der Waals surface area contributed by atoms with E-state index < -0.39 is 0 Å². The molecular weight excluding hydrogens is 276 g/mol. The lowest BCUT2D eigenvalue weighted by Gasteiger charge is -2.47. The Morgan fingerprint density at radius 2 is 2.14 bits per heavy atom. The van der Waals surface area contributed by atoms with Gasteiger partial charge in [-0.15, -0.1) is 0 Å². The molecule has 2 aromatic rings. The Bertz CT molecular complexity index is 766. The number of nitrogens with zero attached hydrogens (tertiary/aromatic N) is 3. The van der Waals surface area contributed by atoms with Gasteiger partial charge in [-0.05, 0) is 50.2 Å². The minimum atomic E-state index is -0.379. The van der Waals surface area contributed by atoms with Crippen LogP contribution in [0, 0.1) is 5.92 Å². The summed E-state index contributed by atoms with van der Waals surface area (Å²) in [6.07, 6.45) is 4.18. The number of hydrogen-bond acceptors (Lipinski definition) is 5. The van der Waals surface area contributed by atoms with Gasteiger partial charge >= 0.3 is 0 Å². The van der Waals surface area contributed by atoms with E-state index in [0.29, 0.717) is 5.92 Å². The molecule has 1 N–H and O–H groups in total. The topological polar surface area (TPSA) is 49.8 Å². The molecule has 1 atom stereocenters. The normalized spacial score (nSPS) is 33.2. The van der Waals surface area contributed by atoms with E-state index >= 15 is 0 Å². The lowest BCUT2D eigenvalue weighted by molar-refractivity contribution is -0.155. The third-order valence-electron chi connectivity index (χ3n) is 5.18. The molecule has 0 radical (unpaired) electrons. The van der Waals surface area contributed by atoms with E-state index in [0.717, 1.165) is 28.8 Å². The van der Waals surface area contributed by atoms with Crippen LogP contribution in [-0.4, -0.2) is 41.1 Å². The summed E-state index contributed by atoms with van der Waals surface area (Å²) < 4.78 is 0. The lowest BCUT2D eigenvalue weighted by Crippen LogP contribution is -2.58. The first kappa shape index (κ1) is 12.6. The van der Waals surface area contributed by atoms with Crippen molar-refractivity contribution in [2.45, 2.75) is 18.6 Å². The van der Waals surface area contributed by atoms with Crippen molar-refractivity contribution < 1.29 is 4.84 Å². The second-order valence-corrected chi connectivity index (χ2v) is 6.47. The summed E-state index contributed by atoms with van der Waals surface area (Å²) in [4.78, 5) is 17.8. The molecule has 3 fully saturated rings. The molecule has 6 rings (SSSR count). The van der Waals surface area contributed by atoms with E-state index in [1.165, 1.54) is 25.9 Å². The maximum Gasteiger partial charge on any atom is 0.202 e. The molecule has 1 aromatic carbocycles. The zero-order valence-electron chi connectivity index (χ0n) is 12.3. The van der Waals surface area contributed by atoms with Gasteiger partial charge in [-0.2, -0.15) is 0 Å². The average molecular weight is 294 g/mol. The lowest BCUT2D eigenvalue weighted by atomic mass is 9.81. The SMILES string of the molecule is c1cnc2ccc(C3=NC4(CN5CCC4CC5)ON3)cc2c1. The molecule has 5 nitrogen and oxygen atoms in total. The highest BCUT2D eigenvalue weighted by atomic mass is 16.7. The Morgan fingerprint density at radius 1 is 1.23 bits per heavy atom. The van der Waals surface area contributed by atoms with Gasteiger partial charge in [-0.1, -0.05) is 6.07 Å². The minimum Gasteiger partial charge on any atom is -0.298 e. The van der Waals surface area contributed by atoms with Crippen molar-refractivity contribution in [3.05, 3.63) is 42.1 Å². The molecule has 1 aromatic heterocycles. The van der Waals surface area contributed by atoms with Gasteiger partial charge in [0.25, 0.3) is 0 Å². The predicted molar refractivity (Wildman–Crippen MR) is 84.4 cm³/mol. The number of benzene rings is 1. The first-order valence-electron chi connectivity index (χ1n) is 7.94. The number of hydrogen-bond donors (Lipinski definition) is 1. The number of piperidine rings is 3. The minimum absolute atomic E-state index is 0.379. The van der Waals surface area contributed by atoms with Crippen molar-refractivity contribution in [1.82, 2.24) is 15.4 Å².